The van der Waals surface area contributed by atoms with Crippen molar-refractivity contribution in [2.45, 2.75) is 19.3 Å². The lowest BCUT2D eigenvalue weighted by atomic mass is 10.5. The largest absolute Gasteiger partial charge is 0.396 e. The van der Waals surface area contributed by atoms with Crippen molar-refractivity contribution in [3.05, 3.63) is 0 Å². The first kappa shape index (κ1) is 15.8. The molecular formula is C11H24N2O4S. The Bertz CT molecular complexity index is 330. The third-order valence-corrected chi connectivity index (χ3v) is 4.96. The van der Waals surface area contributed by atoms with Gasteiger partial charge in [-0.2, -0.15) is 17.0 Å². The van der Waals surface area contributed by atoms with Gasteiger partial charge in [0.25, 0.3) is 10.2 Å². The van der Waals surface area contributed by atoms with Gasteiger partial charge in [-0.25, -0.2) is 0 Å². The first-order chi connectivity index (χ1) is 8.48. The molecule has 0 aromatic rings. The predicted molar refractivity (Wildman–Crippen MR) is 69.4 cm³/mol. The maximum atomic E-state index is 12.0. The van der Waals surface area contributed by atoms with Crippen molar-refractivity contribution in [3.63, 3.8) is 0 Å². The number of nitrogens with zero attached hydrogens (tertiary/aromatic N) is 2. The van der Waals surface area contributed by atoms with E-state index in [-0.39, 0.29) is 6.61 Å². The molecule has 1 fully saturated rings. The van der Waals surface area contributed by atoms with Gasteiger partial charge in [-0.05, 0) is 25.2 Å². The molecule has 0 bridgehead atoms. The zero-order valence-corrected chi connectivity index (χ0v) is 12.0. The van der Waals surface area contributed by atoms with Crippen LogP contribution in [0.25, 0.3) is 0 Å². The van der Waals surface area contributed by atoms with E-state index in [1.54, 1.807) is 7.05 Å². The number of rotatable bonds is 10. The second kappa shape index (κ2) is 7.40. The highest BCUT2D eigenvalue weighted by Crippen LogP contribution is 2.28. The maximum Gasteiger partial charge on any atom is 0.281 e. The Balaban J connectivity index is 2.25. The van der Waals surface area contributed by atoms with Gasteiger partial charge in [0.2, 0.25) is 0 Å². The van der Waals surface area contributed by atoms with Gasteiger partial charge in [0.1, 0.15) is 0 Å². The molecule has 0 spiro atoms. The van der Waals surface area contributed by atoms with Gasteiger partial charge >= 0.3 is 0 Å². The second-order valence-electron chi connectivity index (χ2n) is 4.75. The molecule has 1 N–H and O–H groups in total. The Morgan fingerprint density at radius 2 is 1.83 bits per heavy atom. The molecule has 0 saturated heterocycles. The van der Waals surface area contributed by atoms with E-state index < -0.39 is 10.2 Å². The van der Waals surface area contributed by atoms with Crippen LogP contribution < -0.4 is 0 Å². The number of hydrogen-bond donors (Lipinski definition) is 1. The van der Waals surface area contributed by atoms with Crippen molar-refractivity contribution in [1.29, 1.82) is 0 Å². The standard InChI is InChI=1S/C11H24N2O4S/c1-12(6-3-8-14)18(15,16)13(2)7-9-17-10-11-4-5-11/h11,14H,3-10H2,1-2H3. The van der Waals surface area contributed by atoms with Crippen molar-refractivity contribution >= 4 is 10.2 Å². The molecule has 18 heavy (non-hydrogen) atoms. The van der Waals surface area contributed by atoms with Gasteiger partial charge in [0.15, 0.2) is 0 Å². The highest BCUT2D eigenvalue weighted by Gasteiger charge is 2.24. The zero-order chi connectivity index (χ0) is 13.6. The molecule has 1 aliphatic rings. The van der Waals surface area contributed by atoms with Crippen LogP contribution in [0.4, 0.5) is 0 Å². The number of ether oxygens (including phenoxy) is 1. The fraction of sp³-hybridized carbons (Fsp3) is 1.00. The highest BCUT2D eigenvalue weighted by molar-refractivity contribution is 7.86. The molecule has 7 heteroatoms. The lowest BCUT2D eigenvalue weighted by Crippen LogP contribution is -2.41. The molecule has 0 radical (unpaired) electrons. The summed E-state index contributed by atoms with van der Waals surface area (Å²) in [6, 6.07) is 0. The summed E-state index contributed by atoms with van der Waals surface area (Å²) < 4.78 is 31.9. The Morgan fingerprint density at radius 3 is 2.39 bits per heavy atom. The first-order valence-electron chi connectivity index (χ1n) is 6.34. The summed E-state index contributed by atoms with van der Waals surface area (Å²) in [5, 5.41) is 8.70. The third-order valence-electron chi connectivity index (χ3n) is 3.02. The Morgan fingerprint density at radius 1 is 1.22 bits per heavy atom. The van der Waals surface area contributed by atoms with Crippen molar-refractivity contribution in [3.8, 4) is 0 Å². The molecule has 108 valence electrons. The predicted octanol–water partition coefficient (Wildman–Crippen LogP) is -0.0962. The minimum atomic E-state index is -3.42. The molecule has 0 aromatic heterocycles. The van der Waals surface area contributed by atoms with Gasteiger partial charge in [-0.15, -0.1) is 0 Å². The summed E-state index contributed by atoms with van der Waals surface area (Å²) in [4.78, 5) is 0. The van der Waals surface area contributed by atoms with Crippen molar-refractivity contribution < 1.29 is 18.3 Å². The van der Waals surface area contributed by atoms with E-state index in [4.69, 9.17) is 9.84 Å². The molecule has 0 aliphatic heterocycles. The quantitative estimate of drug-likeness (QED) is 0.568. The molecule has 6 nitrogen and oxygen atoms in total. The smallest absolute Gasteiger partial charge is 0.281 e. The molecule has 0 unspecified atom stereocenters. The van der Waals surface area contributed by atoms with Crippen molar-refractivity contribution in [1.82, 2.24) is 8.61 Å². The van der Waals surface area contributed by atoms with E-state index in [9.17, 15) is 8.42 Å². The highest BCUT2D eigenvalue weighted by atomic mass is 32.2. The van der Waals surface area contributed by atoms with E-state index in [2.05, 4.69) is 0 Å². The molecule has 0 atom stereocenters. The number of aliphatic hydroxyl groups is 1. The molecule has 0 amide bonds. The van der Waals surface area contributed by atoms with Crippen LogP contribution in [0.3, 0.4) is 0 Å². The lowest BCUT2D eigenvalue weighted by Gasteiger charge is -2.24. The summed E-state index contributed by atoms with van der Waals surface area (Å²) in [6.45, 7) is 1.85. The third kappa shape index (κ3) is 5.19. The van der Waals surface area contributed by atoms with Gasteiger partial charge in [-0.3, -0.25) is 0 Å². The van der Waals surface area contributed by atoms with Crippen LogP contribution in [-0.2, 0) is 14.9 Å². The minimum Gasteiger partial charge on any atom is -0.396 e. The van der Waals surface area contributed by atoms with Gasteiger partial charge < -0.3 is 9.84 Å². The number of likely N-dealkylation sites (N-methyl/N-ethyl adjacent to an activating group) is 1. The monoisotopic (exact) mass is 280 g/mol. The Hall–Kier alpha value is -0.210. The van der Waals surface area contributed by atoms with E-state index in [0.29, 0.717) is 32.0 Å². The SMILES string of the molecule is CN(CCCO)S(=O)(=O)N(C)CCOCC1CC1. The first-order valence-corrected chi connectivity index (χ1v) is 7.74. The van der Waals surface area contributed by atoms with Gasteiger partial charge in [0.05, 0.1) is 6.61 Å². The van der Waals surface area contributed by atoms with Crippen molar-refractivity contribution in [2.24, 2.45) is 5.92 Å². The van der Waals surface area contributed by atoms with Crippen molar-refractivity contribution in [2.75, 3.05) is 47.0 Å². The Labute approximate surface area is 110 Å². The molecule has 0 aromatic carbocycles. The van der Waals surface area contributed by atoms with Crippen LogP contribution in [0.5, 0.6) is 0 Å². The minimum absolute atomic E-state index is 0.00588. The van der Waals surface area contributed by atoms with E-state index >= 15 is 0 Å². The van der Waals surface area contributed by atoms with Crippen LogP contribution in [0.1, 0.15) is 19.3 Å². The van der Waals surface area contributed by atoms with E-state index in [1.165, 1.54) is 28.5 Å². The van der Waals surface area contributed by atoms with Crippen LogP contribution >= 0.6 is 0 Å². The lowest BCUT2D eigenvalue weighted by molar-refractivity contribution is 0.116. The fourth-order valence-corrected chi connectivity index (χ4v) is 2.63. The van der Waals surface area contributed by atoms with Crippen LogP contribution in [-0.4, -0.2) is 69.1 Å². The molecular weight excluding hydrogens is 256 g/mol. The summed E-state index contributed by atoms with van der Waals surface area (Å²) >= 11 is 0. The van der Waals surface area contributed by atoms with E-state index in [1.807, 2.05) is 0 Å². The van der Waals surface area contributed by atoms with Crippen LogP contribution in [0, 0.1) is 5.92 Å². The Kier molecular flexibility index (Phi) is 6.51. The van der Waals surface area contributed by atoms with E-state index in [0.717, 1.165) is 6.61 Å². The van der Waals surface area contributed by atoms with Gasteiger partial charge in [-0.1, -0.05) is 0 Å². The second-order valence-corrected chi connectivity index (χ2v) is 6.89. The summed E-state index contributed by atoms with van der Waals surface area (Å²) in [6.07, 6.45) is 2.91. The van der Waals surface area contributed by atoms with Crippen LogP contribution in [0.2, 0.25) is 0 Å². The number of hydrogen-bond acceptors (Lipinski definition) is 4. The molecule has 1 saturated carbocycles. The average Bonchev–Trinajstić information content (AvgIpc) is 3.15. The zero-order valence-electron chi connectivity index (χ0n) is 11.2. The molecule has 1 aliphatic carbocycles. The number of aliphatic hydroxyl groups excluding tert-OH is 1. The molecule has 1 rings (SSSR count). The average molecular weight is 280 g/mol. The fourth-order valence-electron chi connectivity index (χ4n) is 1.49. The van der Waals surface area contributed by atoms with Gasteiger partial charge in [0, 0.05) is 40.4 Å². The summed E-state index contributed by atoms with van der Waals surface area (Å²) in [7, 11) is -0.353. The molecule has 0 heterocycles. The van der Waals surface area contributed by atoms with Crippen LogP contribution in [0.15, 0.2) is 0 Å². The normalized spacial score (nSPS) is 16.7. The topological polar surface area (TPSA) is 70.1 Å². The maximum absolute atomic E-state index is 12.0. The summed E-state index contributed by atoms with van der Waals surface area (Å²) in [5.41, 5.74) is 0. The summed E-state index contributed by atoms with van der Waals surface area (Å²) in [5.74, 6) is 0.694.